The third-order valence-electron chi connectivity index (χ3n) is 3.93. The van der Waals surface area contributed by atoms with E-state index in [0.717, 1.165) is 0 Å². The number of hydrogen-bond donors (Lipinski definition) is 3. The van der Waals surface area contributed by atoms with Gasteiger partial charge in [0.1, 0.15) is 11.4 Å². The largest absolute Gasteiger partial charge is 0.497 e. The number of carbonyl (C=O) groups excluding carboxylic acids is 4. The van der Waals surface area contributed by atoms with Crippen molar-refractivity contribution in [1.29, 1.82) is 0 Å². The Morgan fingerprint density at radius 1 is 1.07 bits per heavy atom. The van der Waals surface area contributed by atoms with Crippen LogP contribution < -0.4 is 15.4 Å². The van der Waals surface area contributed by atoms with Gasteiger partial charge in [-0.2, -0.15) is 0 Å². The van der Waals surface area contributed by atoms with Crippen molar-refractivity contribution in [3.05, 3.63) is 46.8 Å². The topological polar surface area (TPSA) is 127 Å². The number of imide groups is 1. The van der Waals surface area contributed by atoms with Crippen LogP contribution in [0, 0.1) is 13.8 Å². The molecule has 148 valence electrons. The van der Waals surface area contributed by atoms with Crippen molar-refractivity contribution in [2.75, 3.05) is 19.0 Å². The van der Waals surface area contributed by atoms with Crippen LogP contribution in [-0.2, 0) is 9.53 Å². The predicted octanol–water partition coefficient (Wildman–Crippen LogP) is 2.35. The van der Waals surface area contributed by atoms with Crippen LogP contribution in [0.25, 0.3) is 0 Å². The molecule has 0 radical (unpaired) electrons. The second-order valence-corrected chi connectivity index (χ2v) is 5.99. The normalized spacial score (nSPS) is 10.1. The molecule has 28 heavy (non-hydrogen) atoms. The van der Waals surface area contributed by atoms with Gasteiger partial charge in [-0.1, -0.05) is 0 Å². The molecule has 9 heteroatoms. The van der Waals surface area contributed by atoms with E-state index in [9.17, 15) is 19.2 Å². The number of rotatable bonds is 6. The van der Waals surface area contributed by atoms with Crippen molar-refractivity contribution in [3.8, 4) is 5.75 Å². The quantitative estimate of drug-likeness (QED) is 0.516. The second-order valence-electron chi connectivity index (χ2n) is 5.99. The lowest BCUT2D eigenvalue weighted by Gasteiger charge is -2.08. The lowest BCUT2D eigenvalue weighted by molar-refractivity contribution is -0.123. The first kappa shape index (κ1) is 20.7. The predicted molar refractivity (Wildman–Crippen MR) is 101 cm³/mol. The van der Waals surface area contributed by atoms with Gasteiger partial charge < -0.3 is 19.8 Å². The fourth-order valence-electron chi connectivity index (χ4n) is 2.68. The van der Waals surface area contributed by atoms with Crippen molar-refractivity contribution in [2.24, 2.45) is 0 Å². The van der Waals surface area contributed by atoms with Gasteiger partial charge in [-0.3, -0.25) is 14.9 Å². The van der Waals surface area contributed by atoms with Crippen molar-refractivity contribution in [1.82, 2.24) is 10.3 Å². The number of aryl methyl sites for hydroxylation is 1. The molecular formula is C19H21N3O6. The van der Waals surface area contributed by atoms with E-state index < -0.39 is 24.5 Å². The van der Waals surface area contributed by atoms with Crippen LogP contribution in [0.1, 0.15) is 39.0 Å². The number of aromatic amines is 1. The second kappa shape index (κ2) is 8.85. The van der Waals surface area contributed by atoms with Gasteiger partial charge in [-0.15, -0.1) is 0 Å². The van der Waals surface area contributed by atoms with Gasteiger partial charge in [-0.25, -0.2) is 9.59 Å². The summed E-state index contributed by atoms with van der Waals surface area (Å²) in [5.41, 5.74) is 1.96. The molecule has 1 heterocycles. The summed E-state index contributed by atoms with van der Waals surface area (Å²) < 4.78 is 9.92. The Morgan fingerprint density at radius 2 is 1.71 bits per heavy atom. The summed E-state index contributed by atoms with van der Waals surface area (Å²) in [6.07, 6.45) is 0. The molecule has 0 aliphatic carbocycles. The van der Waals surface area contributed by atoms with E-state index >= 15 is 0 Å². The van der Waals surface area contributed by atoms with Crippen LogP contribution in [0.5, 0.6) is 5.75 Å². The van der Waals surface area contributed by atoms with E-state index in [4.69, 9.17) is 9.47 Å². The monoisotopic (exact) mass is 387 g/mol. The molecule has 0 bridgehead atoms. The molecule has 2 aromatic rings. The number of esters is 1. The van der Waals surface area contributed by atoms with Crippen molar-refractivity contribution in [3.63, 3.8) is 0 Å². The molecule has 0 spiro atoms. The average Bonchev–Trinajstić information content (AvgIpc) is 2.94. The smallest absolute Gasteiger partial charge is 0.355 e. The molecule has 3 amide bonds. The summed E-state index contributed by atoms with van der Waals surface area (Å²) in [7, 11) is 1.52. The molecule has 1 aromatic heterocycles. The summed E-state index contributed by atoms with van der Waals surface area (Å²) in [6, 6.07) is 5.74. The number of urea groups is 1. The average molecular weight is 387 g/mol. The summed E-state index contributed by atoms with van der Waals surface area (Å²) in [4.78, 5) is 50.2. The summed E-state index contributed by atoms with van der Waals surface area (Å²) in [5.74, 6) is -1.15. The number of Topliss-reactive ketones (excluding diaryl/α,β-unsaturated/α-hetero) is 1. The Labute approximate surface area is 161 Å². The first-order chi connectivity index (χ1) is 13.2. The van der Waals surface area contributed by atoms with E-state index in [2.05, 4.69) is 15.6 Å². The Bertz CT molecular complexity index is 914. The third kappa shape index (κ3) is 4.97. The molecule has 2 rings (SSSR count). The zero-order chi connectivity index (χ0) is 20.8. The highest BCUT2D eigenvalue weighted by molar-refractivity contribution is 6.03. The number of anilines is 1. The van der Waals surface area contributed by atoms with Crippen LogP contribution >= 0.6 is 0 Å². The van der Waals surface area contributed by atoms with Gasteiger partial charge in [0.2, 0.25) is 0 Å². The molecule has 0 atom stereocenters. The molecule has 3 N–H and O–H groups in total. The van der Waals surface area contributed by atoms with Crippen LogP contribution in [0.3, 0.4) is 0 Å². The lowest BCUT2D eigenvalue weighted by Crippen LogP contribution is -2.37. The number of ketones is 1. The highest BCUT2D eigenvalue weighted by atomic mass is 16.5. The number of aromatic nitrogens is 1. The Morgan fingerprint density at radius 3 is 2.25 bits per heavy atom. The first-order valence-electron chi connectivity index (χ1n) is 8.35. The summed E-state index contributed by atoms with van der Waals surface area (Å²) in [5, 5.41) is 4.52. The lowest BCUT2D eigenvalue weighted by atomic mass is 10.1. The maximum absolute atomic E-state index is 12.1. The maximum Gasteiger partial charge on any atom is 0.355 e. The van der Waals surface area contributed by atoms with Crippen molar-refractivity contribution in [2.45, 2.75) is 20.8 Å². The highest BCUT2D eigenvalue weighted by Crippen LogP contribution is 2.19. The number of nitrogens with one attached hydrogen (secondary N) is 3. The Balaban J connectivity index is 1.87. The van der Waals surface area contributed by atoms with Crippen LogP contribution in [0.2, 0.25) is 0 Å². The van der Waals surface area contributed by atoms with E-state index in [-0.39, 0.29) is 11.5 Å². The SMILES string of the molecule is COc1ccc(NC(=O)NC(=O)COC(=O)c2[nH]c(C)c(C(C)=O)c2C)cc1. The number of benzene rings is 1. The molecule has 0 unspecified atom stereocenters. The zero-order valence-electron chi connectivity index (χ0n) is 16.0. The molecular weight excluding hydrogens is 366 g/mol. The third-order valence-corrected chi connectivity index (χ3v) is 3.93. The highest BCUT2D eigenvalue weighted by Gasteiger charge is 2.21. The van der Waals surface area contributed by atoms with E-state index in [0.29, 0.717) is 28.3 Å². The number of hydrogen-bond acceptors (Lipinski definition) is 6. The fraction of sp³-hybridized carbons (Fsp3) is 0.263. The van der Waals surface area contributed by atoms with Gasteiger partial charge in [0.15, 0.2) is 12.4 Å². The number of amides is 3. The van der Waals surface area contributed by atoms with E-state index in [1.807, 2.05) is 0 Å². The zero-order valence-corrected chi connectivity index (χ0v) is 16.0. The molecule has 0 saturated heterocycles. The van der Waals surface area contributed by atoms with E-state index in [1.165, 1.54) is 14.0 Å². The first-order valence-corrected chi connectivity index (χ1v) is 8.35. The molecule has 0 fully saturated rings. The summed E-state index contributed by atoms with van der Waals surface area (Å²) in [6.45, 7) is 4.02. The maximum atomic E-state index is 12.1. The van der Waals surface area contributed by atoms with Gasteiger partial charge in [-0.05, 0) is 50.6 Å². The number of ether oxygens (including phenoxy) is 2. The van der Waals surface area contributed by atoms with Crippen molar-refractivity contribution < 1.29 is 28.7 Å². The Hall–Kier alpha value is -3.62. The molecule has 1 aromatic carbocycles. The standard InChI is InChI=1S/C19H21N3O6/c1-10-16(12(3)23)11(2)20-17(10)18(25)28-9-15(24)22-19(26)21-13-5-7-14(27-4)8-6-13/h5-8,20H,9H2,1-4H3,(H2,21,22,24,26). The van der Waals surface area contributed by atoms with Gasteiger partial charge >= 0.3 is 12.0 Å². The molecule has 0 aliphatic heterocycles. The van der Waals surface area contributed by atoms with Crippen LogP contribution in [0.4, 0.5) is 10.5 Å². The number of carbonyl (C=O) groups is 4. The minimum atomic E-state index is -0.799. The number of H-pyrrole nitrogens is 1. The van der Waals surface area contributed by atoms with Gasteiger partial charge in [0.05, 0.1) is 7.11 Å². The van der Waals surface area contributed by atoms with E-state index in [1.54, 1.807) is 38.1 Å². The summed E-state index contributed by atoms with van der Waals surface area (Å²) >= 11 is 0. The van der Waals surface area contributed by atoms with Crippen LogP contribution in [-0.4, -0.2) is 42.4 Å². The minimum Gasteiger partial charge on any atom is -0.497 e. The molecule has 0 aliphatic rings. The van der Waals surface area contributed by atoms with Gasteiger partial charge in [0, 0.05) is 16.9 Å². The fourth-order valence-corrected chi connectivity index (χ4v) is 2.68. The molecule has 9 nitrogen and oxygen atoms in total. The number of methoxy groups -OCH3 is 1. The van der Waals surface area contributed by atoms with Crippen LogP contribution in [0.15, 0.2) is 24.3 Å². The van der Waals surface area contributed by atoms with Gasteiger partial charge in [0.25, 0.3) is 5.91 Å². The Kier molecular flexibility index (Phi) is 6.54. The van der Waals surface area contributed by atoms with Crippen molar-refractivity contribution >= 4 is 29.4 Å². The minimum absolute atomic E-state index is 0.0955. The molecule has 0 saturated carbocycles.